The summed E-state index contributed by atoms with van der Waals surface area (Å²) < 4.78 is 0. The highest BCUT2D eigenvalue weighted by molar-refractivity contribution is 5.81. The fourth-order valence-electron chi connectivity index (χ4n) is 3.38. The number of hydrogen-bond donors (Lipinski definition) is 1. The summed E-state index contributed by atoms with van der Waals surface area (Å²) in [6.07, 6.45) is 8.29. The average molecular weight is 282 g/mol. The Balaban J connectivity index is 1.56. The van der Waals surface area contributed by atoms with Gasteiger partial charge in [0.15, 0.2) is 0 Å². The van der Waals surface area contributed by atoms with E-state index < -0.39 is 0 Å². The third kappa shape index (κ3) is 3.62. The highest BCUT2D eigenvalue weighted by Crippen LogP contribution is 2.34. The average Bonchev–Trinajstić information content (AvgIpc) is 2.49. The topological polar surface area (TPSA) is 24.9 Å². The molecule has 1 heterocycles. The molecule has 0 saturated heterocycles. The van der Waals surface area contributed by atoms with Gasteiger partial charge in [0, 0.05) is 17.6 Å². The SMILES string of the molecule is CC1(C)CCC(NCCc2cccc3cccnc23)CC1. The lowest BCUT2D eigenvalue weighted by atomic mass is 9.75. The number of pyridine rings is 1. The molecule has 0 spiro atoms. The fourth-order valence-corrected chi connectivity index (χ4v) is 3.38. The summed E-state index contributed by atoms with van der Waals surface area (Å²) in [5.74, 6) is 0. The number of benzene rings is 1. The molecule has 1 N–H and O–H groups in total. The van der Waals surface area contributed by atoms with Crippen LogP contribution in [0.25, 0.3) is 10.9 Å². The van der Waals surface area contributed by atoms with Crippen molar-refractivity contribution >= 4 is 10.9 Å². The molecule has 1 aromatic carbocycles. The zero-order valence-electron chi connectivity index (χ0n) is 13.2. The standard InChI is InChI=1S/C19H26N2/c1-19(2)11-8-17(9-12-19)20-14-10-16-6-3-5-15-7-4-13-21-18(15)16/h3-7,13,17,20H,8-12,14H2,1-2H3. The van der Waals surface area contributed by atoms with Crippen LogP contribution in [0.15, 0.2) is 36.5 Å². The highest BCUT2D eigenvalue weighted by Gasteiger charge is 2.26. The maximum Gasteiger partial charge on any atom is 0.0734 e. The van der Waals surface area contributed by atoms with Gasteiger partial charge in [-0.05, 0) is 55.7 Å². The van der Waals surface area contributed by atoms with E-state index in [1.807, 2.05) is 12.3 Å². The van der Waals surface area contributed by atoms with E-state index in [0.717, 1.165) is 18.5 Å². The molecule has 1 aliphatic rings. The van der Waals surface area contributed by atoms with Gasteiger partial charge in [-0.2, -0.15) is 0 Å². The molecule has 0 unspecified atom stereocenters. The molecule has 1 fully saturated rings. The van der Waals surface area contributed by atoms with Gasteiger partial charge in [-0.25, -0.2) is 0 Å². The van der Waals surface area contributed by atoms with E-state index in [1.54, 1.807) is 0 Å². The van der Waals surface area contributed by atoms with Gasteiger partial charge in [0.2, 0.25) is 0 Å². The van der Waals surface area contributed by atoms with Crippen molar-refractivity contribution in [2.45, 2.75) is 52.0 Å². The molecule has 2 nitrogen and oxygen atoms in total. The summed E-state index contributed by atoms with van der Waals surface area (Å²) >= 11 is 0. The van der Waals surface area contributed by atoms with Crippen LogP contribution in [0.3, 0.4) is 0 Å². The van der Waals surface area contributed by atoms with Crippen LogP contribution >= 0.6 is 0 Å². The highest BCUT2D eigenvalue weighted by atomic mass is 14.9. The first-order valence-electron chi connectivity index (χ1n) is 8.20. The largest absolute Gasteiger partial charge is 0.314 e. The quantitative estimate of drug-likeness (QED) is 0.902. The van der Waals surface area contributed by atoms with E-state index >= 15 is 0 Å². The number of aromatic nitrogens is 1. The molecule has 0 radical (unpaired) electrons. The smallest absolute Gasteiger partial charge is 0.0734 e. The Bertz CT molecular complexity index is 588. The van der Waals surface area contributed by atoms with Crippen molar-refractivity contribution in [3.05, 3.63) is 42.1 Å². The third-order valence-electron chi connectivity index (χ3n) is 4.88. The lowest BCUT2D eigenvalue weighted by molar-refractivity contribution is 0.207. The van der Waals surface area contributed by atoms with Crippen molar-refractivity contribution < 1.29 is 0 Å². The van der Waals surface area contributed by atoms with Crippen LogP contribution < -0.4 is 5.32 Å². The number of fused-ring (bicyclic) bond motifs is 1. The molecule has 0 atom stereocenters. The van der Waals surface area contributed by atoms with Crippen LogP contribution in [0.5, 0.6) is 0 Å². The predicted octanol–water partition coefficient (Wildman–Crippen LogP) is 4.34. The summed E-state index contributed by atoms with van der Waals surface area (Å²) in [5, 5.41) is 4.99. The Morgan fingerprint density at radius 1 is 1.14 bits per heavy atom. The number of hydrogen-bond acceptors (Lipinski definition) is 2. The number of rotatable bonds is 4. The van der Waals surface area contributed by atoms with Crippen LogP contribution in [0.2, 0.25) is 0 Å². The van der Waals surface area contributed by atoms with Gasteiger partial charge in [-0.3, -0.25) is 4.98 Å². The molecule has 1 aliphatic carbocycles. The van der Waals surface area contributed by atoms with E-state index in [0.29, 0.717) is 11.5 Å². The van der Waals surface area contributed by atoms with Crippen LogP contribution in [-0.4, -0.2) is 17.6 Å². The minimum absolute atomic E-state index is 0.553. The van der Waals surface area contributed by atoms with Crippen LogP contribution in [0, 0.1) is 5.41 Å². The monoisotopic (exact) mass is 282 g/mol. The van der Waals surface area contributed by atoms with E-state index in [4.69, 9.17) is 0 Å². The maximum absolute atomic E-state index is 4.54. The van der Waals surface area contributed by atoms with Gasteiger partial charge in [0.05, 0.1) is 5.52 Å². The summed E-state index contributed by atoms with van der Waals surface area (Å²) in [4.78, 5) is 4.54. The van der Waals surface area contributed by atoms with Gasteiger partial charge >= 0.3 is 0 Å². The summed E-state index contributed by atoms with van der Waals surface area (Å²) in [7, 11) is 0. The van der Waals surface area contributed by atoms with E-state index in [-0.39, 0.29) is 0 Å². The summed E-state index contributed by atoms with van der Waals surface area (Å²) in [6, 6.07) is 11.4. The minimum Gasteiger partial charge on any atom is -0.314 e. The van der Waals surface area contributed by atoms with Crippen molar-refractivity contribution in [2.75, 3.05) is 6.54 Å². The van der Waals surface area contributed by atoms with Crippen LogP contribution in [0.4, 0.5) is 0 Å². The zero-order chi connectivity index (χ0) is 14.7. The lowest BCUT2D eigenvalue weighted by Gasteiger charge is -2.34. The molecule has 0 aliphatic heterocycles. The molecule has 0 amide bonds. The lowest BCUT2D eigenvalue weighted by Crippen LogP contribution is -2.36. The van der Waals surface area contributed by atoms with Gasteiger partial charge in [-0.1, -0.05) is 38.1 Å². The Morgan fingerprint density at radius 2 is 1.90 bits per heavy atom. The fraction of sp³-hybridized carbons (Fsp3) is 0.526. The summed E-state index contributed by atoms with van der Waals surface area (Å²) in [6.45, 7) is 5.84. The van der Waals surface area contributed by atoms with Crippen molar-refractivity contribution in [3.8, 4) is 0 Å². The summed E-state index contributed by atoms with van der Waals surface area (Å²) in [5.41, 5.74) is 3.07. The van der Waals surface area contributed by atoms with E-state index in [2.05, 4.69) is 48.4 Å². The number of para-hydroxylation sites is 1. The predicted molar refractivity (Wildman–Crippen MR) is 89.5 cm³/mol. The van der Waals surface area contributed by atoms with Gasteiger partial charge < -0.3 is 5.32 Å². The molecule has 1 saturated carbocycles. The molecule has 3 rings (SSSR count). The second-order valence-electron chi connectivity index (χ2n) is 7.13. The molecule has 21 heavy (non-hydrogen) atoms. The van der Waals surface area contributed by atoms with Crippen molar-refractivity contribution in [3.63, 3.8) is 0 Å². The Hall–Kier alpha value is -1.41. The zero-order valence-corrected chi connectivity index (χ0v) is 13.2. The van der Waals surface area contributed by atoms with E-state index in [9.17, 15) is 0 Å². The minimum atomic E-state index is 0.553. The second-order valence-corrected chi connectivity index (χ2v) is 7.13. The Kier molecular flexibility index (Phi) is 4.25. The van der Waals surface area contributed by atoms with E-state index in [1.165, 1.54) is 36.6 Å². The molecular formula is C19H26N2. The van der Waals surface area contributed by atoms with Gasteiger partial charge in [0.25, 0.3) is 0 Å². The molecule has 0 bridgehead atoms. The van der Waals surface area contributed by atoms with Crippen molar-refractivity contribution in [2.24, 2.45) is 5.41 Å². The van der Waals surface area contributed by atoms with Gasteiger partial charge in [-0.15, -0.1) is 0 Å². The molecule has 2 heteroatoms. The molecule has 1 aromatic heterocycles. The number of nitrogens with zero attached hydrogens (tertiary/aromatic N) is 1. The van der Waals surface area contributed by atoms with Crippen LogP contribution in [-0.2, 0) is 6.42 Å². The second kappa shape index (κ2) is 6.15. The Labute approximate surface area is 128 Å². The molecular weight excluding hydrogens is 256 g/mol. The van der Waals surface area contributed by atoms with Crippen LogP contribution in [0.1, 0.15) is 45.1 Å². The van der Waals surface area contributed by atoms with Gasteiger partial charge in [0.1, 0.15) is 0 Å². The maximum atomic E-state index is 4.54. The number of nitrogens with one attached hydrogen (secondary N) is 1. The first-order valence-corrected chi connectivity index (χ1v) is 8.20. The first-order chi connectivity index (χ1) is 10.1. The first kappa shape index (κ1) is 14.5. The third-order valence-corrected chi connectivity index (χ3v) is 4.88. The molecule has 2 aromatic rings. The Morgan fingerprint density at radius 3 is 2.71 bits per heavy atom. The van der Waals surface area contributed by atoms with Crippen molar-refractivity contribution in [1.29, 1.82) is 0 Å². The van der Waals surface area contributed by atoms with Crippen molar-refractivity contribution in [1.82, 2.24) is 10.3 Å². The molecule has 112 valence electrons. The normalized spacial score (nSPS) is 19.0.